The van der Waals surface area contributed by atoms with Gasteiger partial charge in [-0.1, -0.05) is 0 Å². The zero-order valence-corrected chi connectivity index (χ0v) is 11.0. The summed E-state index contributed by atoms with van der Waals surface area (Å²) in [5, 5.41) is 0. The number of pyridine rings is 1. The summed E-state index contributed by atoms with van der Waals surface area (Å²) in [4.78, 5) is 3.95. The topological polar surface area (TPSA) is 73.0 Å². The lowest BCUT2D eigenvalue weighted by Gasteiger charge is -2.10. The summed E-state index contributed by atoms with van der Waals surface area (Å²) >= 11 is 0. The molecule has 1 heterocycles. The molecule has 0 amide bonds. The molecule has 0 spiro atoms. The molecule has 0 saturated carbocycles. The maximum absolute atomic E-state index is 10.9. The van der Waals surface area contributed by atoms with Crippen molar-refractivity contribution in [3.8, 4) is 0 Å². The van der Waals surface area contributed by atoms with Crippen molar-refractivity contribution >= 4 is 9.84 Å². The Morgan fingerprint density at radius 2 is 1.94 bits per heavy atom. The molecule has 17 heavy (non-hydrogen) atoms. The molecule has 0 bridgehead atoms. The van der Waals surface area contributed by atoms with Gasteiger partial charge in [0, 0.05) is 30.4 Å². The fourth-order valence-corrected chi connectivity index (χ4v) is 2.34. The van der Waals surface area contributed by atoms with Gasteiger partial charge in [0.15, 0.2) is 0 Å². The van der Waals surface area contributed by atoms with Gasteiger partial charge in [0.2, 0.25) is 0 Å². The first-order valence-electron chi connectivity index (χ1n) is 5.79. The Balaban J connectivity index is 2.20. The van der Waals surface area contributed by atoms with Crippen LogP contribution in [0.1, 0.15) is 24.8 Å². The summed E-state index contributed by atoms with van der Waals surface area (Å²) < 4.78 is 21.9. The Labute approximate surface area is 103 Å². The molecule has 1 aromatic rings. The van der Waals surface area contributed by atoms with Crippen molar-refractivity contribution in [3.63, 3.8) is 0 Å². The number of nitrogens with zero attached hydrogens (tertiary/aromatic N) is 1. The first-order chi connectivity index (χ1) is 7.97. The second kappa shape index (κ2) is 6.71. The number of hydrogen-bond donors (Lipinski definition) is 1. The Hall–Kier alpha value is -0.940. The van der Waals surface area contributed by atoms with Gasteiger partial charge in [-0.3, -0.25) is 4.98 Å². The summed E-state index contributed by atoms with van der Waals surface area (Å²) in [5.41, 5.74) is 7.16. The van der Waals surface area contributed by atoms with Crippen LogP contribution in [-0.2, 0) is 16.3 Å². The number of nitrogens with two attached hydrogens (primary N) is 1. The molecule has 5 heteroatoms. The Bertz CT molecular complexity index is 417. The van der Waals surface area contributed by atoms with Gasteiger partial charge < -0.3 is 5.73 Å². The summed E-state index contributed by atoms with van der Waals surface area (Å²) in [6.45, 7) is 0. The molecule has 0 aliphatic carbocycles. The van der Waals surface area contributed by atoms with E-state index in [0.717, 1.165) is 19.3 Å². The van der Waals surface area contributed by atoms with E-state index in [1.807, 2.05) is 12.1 Å². The smallest absolute Gasteiger partial charge is 0.147 e. The molecule has 0 fully saturated rings. The zero-order chi connectivity index (χ0) is 12.7. The Morgan fingerprint density at radius 3 is 2.53 bits per heavy atom. The highest BCUT2D eigenvalue weighted by atomic mass is 32.2. The van der Waals surface area contributed by atoms with E-state index in [0.29, 0.717) is 6.42 Å². The van der Waals surface area contributed by atoms with E-state index >= 15 is 0 Å². The van der Waals surface area contributed by atoms with Crippen LogP contribution in [0.5, 0.6) is 0 Å². The highest BCUT2D eigenvalue weighted by Crippen LogP contribution is 2.07. The van der Waals surface area contributed by atoms with Gasteiger partial charge in [-0.05, 0) is 43.4 Å². The van der Waals surface area contributed by atoms with Crippen molar-refractivity contribution in [3.05, 3.63) is 30.1 Å². The minimum Gasteiger partial charge on any atom is -0.328 e. The lowest BCUT2D eigenvalue weighted by molar-refractivity contribution is 0.553. The van der Waals surface area contributed by atoms with Gasteiger partial charge in [0.25, 0.3) is 0 Å². The molecular weight excluding hydrogens is 236 g/mol. The van der Waals surface area contributed by atoms with Crippen molar-refractivity contribution in [1.29, 1.82) is 0 Å². The number of aromatic nitrogens is 1. The highest BCUT2D eigenvalue weighted by molar-refractivity contribution is 7.90. The molecule has 0 aliphatic rings. The highest BCUT2D eigenvalue weighted by Gasteiger charge is 2.06. The molecule has 1 atom stereocenters. The molecule has 2 N–H and O–H groups in total. The number of rotatable bonds is 7. The molecule has 1 rings (SSSR count). The predicted molar refractivity (Wildman–Crippen MR) is 69.5 cm³/mol. The average Bonchev–Trinajstić information content (AvgIpc) is 2.26. The van der Waals surface area contributed by atoms with E-state index < -0.39 is 9.84 Å². The van der Waals surface area contributed by atoms with Crippen LogP contribution in [-0.4, -0.2) is 31.5 Å². The third-order valence-electron chi connectivity index (χ3n) is 2.64. The molecule has 0 radical (unpaired) electrons. The maximum Gasteiger partial charge on any atom is 0.147 e. The fraction of sp³-hybridized carbons (Fsp3) is 0.583. The zero-order valence-electron chi connectivity index (χ0n) is 10.2. The van der Waals surface area contributed by atoms with Crippen molar-refractivity contribution < 1.29 is 8.42 Å². The third kappa shape index (κ3) is 7.07. The first kappa shape index (κ1) is 14.1. The van der Waals surface area contributed by atoms with Crippen LogP contribution in [0.2, 0.25) is 0 Å². The Morgan fingerprint density at radius 1 is 1.29 bits per heavy atom. The molecule has 4 nitrogen and oxygen atoms in total. The van der Waals surface area contributed by atoms with Crippen LogP contribution in [0, 0.1) is 0 Å². The van der Waals surface area contributed by atoms with Crippen LogP contribution >= 0.6 is 0 Å². The van der Waals surface area contributed by atoms with E-state index in [4.69, 9.17) is 5.73 Å². The van der Waals surface area contributed by atoms with Gasteiger partial charge in [0.05, 0.1) is 0 Å². The van der Waals surface area contributed by atoms with Gasteiger partial charge in [-0.2, -0.15) is 0 Å². The summed E-state index contributed by atoms with van der Waals surface area (Å²) in [5.74, 6) is 0.232. The molecular formula is C12H20N2O2S. The molecule has 96 valence electrons. The van der Waals surface area contributed by atoms with E-state index in [9.17, 15) is 8.42 Å². The van der Waals surface area contributed by atoms with E-state index in [-0.39, 0.29) is 11.8 Å². The molecule has 1 unspecified atom stereocenters. The van der Waals surface area contributed by atoms with Gasteiger partial charge in [0.1, 0.15) is 9.84 Å². The van der Waals surface area contributed by atoms with Crippen molar-refractivity contribution in [2.45, 2.75) is 31.7 Å². The van der Waals surface area contributed by atoms with Crippen LogP contribution in [0.15, 0.2) is 24.5 Å². The minimum atomic E-state index is -2.85. The molecule has 1 aromatic heterocycles. The van der Waals surface area contributed by atoms with Gasteiger partial charge in [-0.25, -0.2) is 8.42 Å². The largest absolute Gasteiger partial charge is 0.328 e. The number of aryl methyl sites for hydroxylation is 1. The molecule has 0 saturated heterocycles. The van der Waals surface area contributed by atoms with E-state index in [1.54, 1.807) is 12.4 Å². The normalized spacial score (nSPS) is 13.5. The van der Waals surface area contributed by atoms with Crippen LogP contribution in [0.4, 0.5) is 0 Å². The SMILES string of the molecule is CS(=O)(=O)CCCC(N)CCc1ccncc1. The standard InChI is InChI=1S/C12H20N2O2S/c1-17(15,16)10-2-3-12(13)5-4-11-6-8-14-9-7-11/h6-9,12H,2-5,10,13H2,1H3. The van der Waals surface area contributed by atoms with Gasteiger partial charge >= 0.3 is 0 Å². The van der Waals surface area contributed by atoms with Crippen molar-refractivity contribution in [1.82, 2.24) is 4.98 Å². The molecule has 0 aromatic carbocycles. The lowest BCUT2D eigenvalue weighted by atomic mass is 10.0. The summed E-state index contributed by atoms with van der Waals surface area (Å²) in [7, 11) is -2.85. The average molecular weight is 256 g/mol. The lowest BCUT2D eigenvalue weighted by Crippen LogP contribution is -2.21. The predicted octanol–water partition coefficient (Wildman–Crippen LogP) is 1.17. The van der Waals surface area contributed by atoms with E-state index in [1.165, 1.54) is 11.8 Å². The number of sulfone groups is 1. The second-order valence-electron chi connectivity index (χ2n) is 4.43. The fourth-order valence-electron chi connectivity index (χ4n) is 1.65. The first-order valence-corrected chi connectivity index (χ1v) is 7.85. The van der Waals surface area contributed by atoms with Crippen LogP contribution < -0.4 is 5.73 Å². The maximum atomic E-state index is 10.9. The van der Waals surface area contributed by atoms with Crippen molar-refractivity contribution in [2.75, 3.05) is 12.0 Å². The second-order valence-corrected chi connectivity index (χ2v) is 6.69. The molecule has 0 aliphatic heterocycles. The minimum absolute atomic E-state index is 0.0740. The van der Waals surface area contributed by atoms with E-state index in [2.05, 4.69) is 4.98 Å². The van der Waals surface area contributed by atoms with Gasteiger partial charge in [-0.15, -0.1) is 0 Å². The summed E-state index contributed by atoms with van der Waals surface area (Å²) in [6, 6.07) is 4.02. The van der Waals surface area contributed by atoms with Crippen LogP contribution in [0.3, 0.4) is 0 Å². The van der Waals surface area contributed by atoms with Crippen LogP contribution in [0.25, 0.3) is 0 Å². The number of hydrogen-bond acceptors (Lipinski definition) is 4. The third-order valence-corrected chi connectivity index (χ3v) is 3.67. The Kier molecular flexibility index (Phi) is 5.58. The quantitative estimate of drug-likeness (QED) is 0.794. The summed E-state index contributed by atoms with van der Waals surface area (Å²) in [6.07, 6.45) is 8.01. The van der Waals surface area contributed by atoms with Crippen molar-refractivity contribution in [2.24, 2.45) is 5.73 Å². The monoisotopic (exact) mass is 256 g/mol.